The Morgan fingerprint density at radius 3 is 2.95 bits per heavy atom. The first kappa shape index (κ1) is 14.2. The van der Waals surface area contributed by atoms with Crippen LogP contribution in [0, 0.1) is 5.82 Å². The highest BCUT2D eigenvalue weighted by atomic mass is 79.9. The number of hydrogen-bond acceptors (Lipinski definition) is 5. The van der Waals surface area contributed by atoms with Gasteiger partial charge in [-0.25, -0.2) is 9.18 Å². The second-order valence-corrected chi connectivity index (χ2v) is 5.50. The Hall–Kier alpha value is -1.18. The molecule has 19 heavy (non-hydrogen) atoms. The van der Waals surface area contributed by atoms with Crippen molar-refractivity contribution in [2.24, 2.45) is 0 Å². The number of benzene rings is 1. The second-order valence-electron chi connectivity index (χ2n) is 3.27. The van der Waals surface area contributed by atoms with Crippen LogP contribution in [0.5, 0.6) is 10.9 Å². The molecule has 0 radical (unpaired) electrons. The number of esters is 1. The van der Waals surface area contributed by atoms with Gasteiger partial charge in [-0.1, -0.05) is 38.9 Å². The number of aromatic nitrogens is 1. The molecule has 1 heterocycles. The zero-order chi connectivity index (χ0) is 14.0. The van der Waals surface area contributed by atoms with Gasteiger partial charge in [0.15, 0.2) is 21.6 Å². The molecule has 0 spiro atoms. The molecule has 2 aromatic rings. The van der Waals surface area contributed by atoms with Gasteiger partial charge in [0.05, 0.1) is 7.11 Å². The summed E-state index contributed by atoms with van der Waals surface area (Å²) in [5, 5.41) is 0.0182. The molecule has 0 bridgehead atoms. The molecule has 0 atom stereocenters. The van der Waals surface area contributed by atoms with Crippen molar-refractivity contribution in [3.05, 3.63) is 38.5 Å². The van der Waals surface area contributed by atoms with E-state index in [-0.39, 0.29) is 21.0 Å². The number of ether oxygens (including phenoxy) is 2. The van der Waals surface area contributed by atoms with Crippen molar-refractivity contribution in [2.45, 2.75) is 0 Å². The highest BCUT2D eigenvalue weighted by molar-refractivity contribution is 9.10. The van der Waals surface area contributed by atoms with Crippen LogP contribution in [0.25, 0.3) is 0 Å². The number of halogens is 3. The van der Waals surface area contributed by atoms with E-state index in [2.05, 4.69) is 25.7 Å². The van der Waals surface area contributed by atoms with Crippen LogP contribution in [0.2, 0.25) is 5.15 Å². The fourth-order valence-electron chi connectivity index (χ4n) is 1.19. The van der Waals surface area contributed by atoms with Gasteiger partial charge in [-0.2, -0.15) is 4.98 Å². The molecule has 0 saturated carbocycles. The van der Waals surface area contributed by atoms with E-state index in [1.54, 1.807) is 0 Å². The molecule has 0 fully saturated rings. The smallest absolute Gasteiger partial charge is 0.351 e. The molecule has 1 aromatic heterocycles. The third-order valence-corrected chi connectivity index (χ3v) is 3.82. The fourth-order valence-corrected chi connectivity index (χ4v) is 2.59. The van der Waals surface area contributed by atoms with Crippen LogP contribution in [0.3, 0.4) is 0 Å². The number of carbonyl (C=O) groups is 1. The molecule has 2 rings (SSSR count). The molecule has 0 N–H and O–H groups in total. The first-order valence-corrected chi connectivity index (χ1v) is 6.87. The Bertz CT molecular complexity index is 634. The molecule has 0 saturated heterocycles. The number of nitrogens with zero attached hydrogens (tertiary/aromatic N) is 1. The highest BCUT2D eigenvalue weighted by Crippen LogP contribution is 2.34. The minimum Gasteiger partial charge on any atom is -0.465 e. The lowest BCUT2D eigenvalue weighted by Gasteiger charge is -2.03. The third-order valence-electron chi connectivity index (χ3n) is 2.03. The average Bonchev–Trinajstić information content (AvgIpc) is 2.74. The second kappa shape index (κ2) is 5.85. The predicted molar refractivity (Wildman–Crippen MR) is 72.6 cm³/mol. The summed E-state index contributed by atoms with van der Waals surface area (Å²) in [6.07, 6.45) is 0. The first-order valence-electron chi connectivity index (χ1n) is 4.89. The van der Waals surface area contributed by atoms with E-state index in [4.69, 9.17) is 16.3 Å². The lowest BCUT2D eigenvalue weighted by molar-refractivity contribution is 0.0606. The molecule has 0 aliphatic rings. The summed E-state index contributed by atoms with van der Waals surface area (Å²) in [6, 6.07) is 4.23. The van der Waals surface area contributed by atoms with E-state index in [0.717, 1.165) is 11.3 Å². The van der Waals surface area contributed by atoms with E-state index < -0.39 is 11.8 Å². The molecule has 100 valence electrons. The molecular weight excluding hydrogens is 361 g/mol. The van der Waals surface area contributed by atoms with E-state index in [1.807, 2.05) is 0 Å². The van der Waals surface area contributed by atoms with Crippen LogP contribution in [0.4, 0.5) is 4.39 Å². The Morgan fingerprint density at radius 1 is 1.53 bits per heavy atom. The summed E-state index contributed by atoms with van der Waals surface area (Å²) in [6.45, 7) is 0. The van der Waals surface area contributed by atoms with Crippen molar-refractivity contribution in [1.29, 1.82) is 0 Å². The number of methoxy groups -OCH3 is 1. The Balaban J connectivity index is 2.29. The Morgan fingerprint density at radius 2 is 2.26 bits per heavy atom. The maximum Gasteiger partial charge on any atom is 0.351 e. The van der Waals surface area contributed by atoms with Gasteiger partial charge in [0.2, 0.25) is 0 Å². The number of rotatable bonds is 3. The maximum absolute atomic E-state index is 13.5. The molecule has 0 aliphatic carbocycles. The van der Waals surface area contributed by atoms with Crippen molar-refractivity contribution in [2.75, 3.05) is 7.11 Å². The lowest BCUT2D eigenvalue weighted by atomic mass is 10.3. The van der Waals surface area contributed by atoms with Crippen LogP contribution in [-0.4, -0.2) is 18.1 Å². The Kier molecular flexibility index (Phi) is 4.38. The summed E-state index contributed by atoms with van der Waals surface area (Å²) in [5.41, 5.74) is 0. The monoisotopic (exact) mass is 365 g/mol. The van der Waals surface area contributed by atoms with Gasteiger partial charge >= 0.3 is 5.97 Å². The zero-order valence-electron chi connectivity index (χ0n) is 9.45. The Labute approximate surface area is 125 Å². The predicted octanol–water partition coefficient (Wildman–Crippen LogP) is 4.28. The van der Waals surface area contributed by atoms with Gasteiger partial charge in [0, 0.05) is 4.47 Å². The van der Waals surface area contributed by atoms with Crippen molar-refractivity contribution in [3.8, 4) is 10.9 Å². The van der Waals surface area contributed by atoms with Crippen LogP contribution in [-0.2, 0) is 4.74 Å². The van der Waals surface area contributed by atoms with Gasteiger partial charge in [0.25, 0.3) is 5.19 Å². The minimum atomic E-state index is -0.618. The first-order chi connectivity index (χ1) is 9.01. The van der Waals surface area contributed by atoms with Crippen LogP contribution in [0.1, 0.15) is 9.67 Å². The van der Waals surface area contributed by atoms with Crippen molar-refractivity contribution < 1.29 is 18.7 Å². The van der Waals surface area contributed by atoms with Crippen molar-refractivity contribution >= 4 is 44.8 Å². The highest BCUT2D eigenvalue weighted by Gasteiger charge is 2.19. The quantitative estimate of drug-likeness (QED) is 0.761. The standard InChI is InChI=1S/C11H6BrClFNO3S/c1-17-10(16)8-9(13)15-11(19-8)18-7-4-5(12)2-3-6(7)14/h2-4H,1H3. The molecule has 1 aromatic carbocycles. The number of thiazole rings is 1. The largest absolute Gasteiger partial charge is 0.465 e. The van der Waals surface area contributed by atoms with Gasteiger partial charge in [-0.05, 0) is 18.2 Å². The minimum absolute atomic E-state index is 0.0174. The summed E-state index contributed by atoms with van der Waals surface area (Å²) < 4.78 is 23.9. The molecular formula is C11H6BrClFNO3S. The summed E-state index contributed by atoms with van der Waals surface area (Å²) >= 11 is 9.85. The van der Waals surface area contributed by atoms with Crippen molar-refractivity contribution in [3.63, 3.8) is 0 Å². The van der Waals surface area contributed by atoms with Gasteiger partial charge in [-0.3, -0.25) is 0 Å². The van der Waals surface area contributed by atoms with E-state index >= 15 is 0 Å². The third kappa shape index (κ3) is 3.23. The van der Waals surface area contributed by atoms with Crippen LogP contribution < -0.4 is 4.74 Å². The van der Waals surface area contributed by atoms with Gasteiger partial charge in [-0.15, -0.1) is 0 Å². The van der Waals surface area contributed by atoms with Crippen LogP contribution >= 0.6 is 38.9 Å². The normalized spacial score (nSPS) is 10.3. The SMILES string of the molecule is COC(=O)c1sc(Oc2cc(Br)ccc2F)nc1Cl. The molecule has 8 heteroatoms. The zero-order valence-corrected chi connectivity index (χ0v) is 12.6. The van der Waals surface area contributed by atoms with E-state index in [1.165, 1.54) is 25.3 Å². The molecule has 0 amide bonds. The molecule has 0 unspecified atom stereocenters. The topological polar surface area (TPSA) is 48.4 Å². The fraction of sp³-hybridized carbons (Fsp3) is 0.0909. The number of hydrogen-bond donors (Lipinski definition) is 0. The summed E-state index contributed by atoms with van der Waals surface area (Å²) in [5.74, 6) is -1.18. The molecule has 0 aliphatic heterocycles. The van der Waals surface area contributed by atoms with Crippen LogP contribution in [0.15, 0.2) is 22.7 Å². The van der Waals surface area contributed by atoms with E-state index in [9.17, 15) is 9.18 Å². The summed E-state index contributed by atoms with van der Waals surface area (Å²) in [4.78, 5) is 15.3. The van der Waals surface area contributed by atoms with Gasteiger partial charge < -0.3 is 9.47 Å². The summed E-state index contributed by atoms with van der Waals surface area (Å²) in [7, 11) is 1.23. The van der Waals surface area contributed by atoms with Crippen molar-refractivity contribution in [1.82, 2.24) is 4.98 Å². The maximum atomic E-state index is 13.5. The lowest BCUT2D eigenvalue weighted by Crippen LogP contribution is -1.98. The average molecular weight is 367 g/mol. The molecule has 4 nitrogen and oxygen atoms in total. The number of carbonyl (C=O) groups excluding carboxylic acids is 1. The van der Waals surface area contributed by atoms with Gasteiger partial charge in [0.1, 0.15) is 0 Å². The van der Waals surface area contributed by atoms with E-state index in [0.29, 0.717) is 4.47 Å².